The van der Waals surface area contributed by atoms with Crippen molar-refractivity contribution in [1.82, 2.24) is 4.90 Å². The first-order chi connectivity index (χ1) is 12.0. The van der Waals surface area contributed by atoms with Crippen molar-refractivity contribution in [3.8, 4) is 11.5 Å². The molecule has 1 unspecified atom stereocenters. The monoisotopic (exact) mass is 349 g/mol. The van der Waals surface area contributed by atoms with E-state index in [2.05, 4.69) is 0 Å². The second-order valence-electron chi connectivity index (χ2n) is 5.57. The highest BCUT2D eigenvalue weighted by molar-refractivity contribution is 5.89. The molecule has 1 aliphatic heterocycles. The molecule has 0 spiro atoms. The highest BCUT2D eigenvalue weighted by atomic mass is 16.5. The average Bonchev–Trinajstić information content (AvgIpc) is 2.64. The molecule has 0 aromatic heterocycles. The largest absolute Gasteiger partial charge is 0.497 e. The van der Waals surface area contributed by atoms with Gasteiger partial charge in [0, 0.05) is 30.8 Å². The van der Waals surface area contributed by atoms with Crippen LogP contribution in [-0.2, 0) is 19.1 Å². The van der Waals surface area contributed by atoms with Gasteiger partial charge in [-0.3, -0.25) is 4.79 Å². The minimum absolute atomic E-state index is 0.00386. The van der Waals surface area contributed by atoms with Crippen molar-refractivity contribution >= 4 is 18.0 Å². The van der Waals surface area contributed by atoms with E-state index in [1.807, 2.05) is 6.92 Å². The molecule has 1 aromatic rings. The Balaban J connectivity index is 1.87. The van der Waals surface area contributed by atoms with E-state index in [4.69, 9.17) is 18.9 Å². The highest BCUT2D eigenvalue weighted by Crippen LogP contribution is 2.25. The van der Waals surface area contributed by atoms with E-state index >= 15 is 0 Å². The second kappa shape index (κ2) is 9.08. The van der Waals surface area contributed by atoms with Gasteiger partial charge in [0.15, 0.2) is 6.61 Å². The number of rotatable bonds is 6. The Morgan fingerprint density at radius 3 is 2.80 bits per heavy atom. The van der Waals surface area contributed by atoms with Crippen molar-refractivity contribution in [3.05, 3.63) is 29.8 Å². The number of esters is 1. The number of hydrogen-bond donors (Lipinski definition) is 0. The fourth-order valence-corrected chi connectivity index (χ4v) is 2.43. The lowest BCUT2D eigenvalue weighted by atomic mass is 10.2. The Morgan fingerprint density at radius 1 is 1.32 bits per heavy atom. The fourth-order valence-electron chi connectivity index (χ4n) is 2.43. The van der Waals surface area contributed by atoms with Gasteiger partial charge in [-0.25, -0.2) is 4.79 Å². The molecule has 1 aliphatic rings. The maximum atomic E-state index is 12.0. The van der Waals surface area contributed by atoms with Gasteiger partial charge < -0.3 is 23.8 Å². The smallest absolute Gasteiger partial charge is 0.331 e. The second-order valence-corrected chi connectivity index (χ2v) is 5.57. The summed E-state index contributed by atoms with van der Waals surface area (Å²) in [5, 5.41) is 0. The number of morpholine rings is 1. The van der Waals surface area contributed by atoms with Gasteiger partial charge in [-0.2, -0.15) is 0 Å². The molecular formula is C18H23NO6. The Morgan fingerprint density at radius 2 is 2.12 bits per heavy atom. The molecule has 0 radical (unpaired) electrons. The third-order valence-electron chi connectivity index (χ3n) is 3.77. The van der Waals surface area contributed by atoms with Crippen LogP contribution in [0.2, 0.25) is 0 Å². The van der Waals surface area contributed by atoms with E-state index in [0.717, 1.165) is 0 Å². The van der Waals surface area contributed by atoms with Crippen molar-refractivity contribution in [2.75, 3.05) is 40.5 Å². The van der Waals surface area contributed by atoms with Crippen molar-refractivity contribution in [2.24, 2.45) is 0 Å². The Bertz CT molecular complexity index is 642. The van der Waals surface area contributed by atoms with Crippen LogP contribution < -0.4 is 9.47 Å². The number of ether oxygens (including phenoxy) is 4. The van der Waals surface area contributed by atoms with Crippen LogP contribution >= 0.6 is 0 Å². The van der Waals surface area contributed by atoms with Gasteiger partial charge in [0.1, 0.15) is 11.5 Å². The molecule has 0 bridgehead atoms. The van der Waals surface area contributed by atoms with Gasteiger partial charge in [-0.1, -0.05) is 0 Å². The lowest BCUT2D eigenvalue weighted by molar-refractivity contribution is -0.151. The molecule has 25 heavy (non-hydrogen) atoms. The third kappa shape index (κ3) is 5.49. The number of benzene rings is 1. The molecule has 1 atom stereocenters. The van der Waals surface area contributed by atoms with Gasteiger partial charge in [0.2, 0.25) is 0 Å². The number of carbonyl (C=O) groups excluding carboxylic acids is 2. The molecule has 1 heterocycles. The molecule has 7 heteroatoms. The molecule has 1 saturated heterocycles. The molecule has 0 aliphatic carbocycles. The van der Waals surface area contributed by atoms with Crippen LogP contribution in [-0.4, -0.2) is 63.4 Å². The minimum Gasteiger partial charge on any atom is -0.497 e. The van der Waals surface area contributed by atoms with Gasteiger partial charge in [0.25, 0.3) is 5.91 Å². The maximum Gasteiger partial charge on any atom is 0.331 e. The van der Waals surface area contributed by atoms with Gasteiger partial charge in [-0.15, -0.1) is 0 Å². The quantitative estimate of drug-likeness (QED) is 0.572. The summed E-state index contributed by atoms with van der Waals surface area (Å²) in [7, 11) is 3.10. The first kappa shape index (κ1) is 18.8. The van der Waals surface area contributed by atoms with Crippen LogP contribution in [0.25, 0.3) is 6.08 Å². The van der Waals surface area contributed by atoms with Crippen molar-refractivity contribution in [3.63, 3.8) is 0 Å². The zero-order chi connectivity index (χ0) is 18.2. The van der Waals surface area contributed by atoms with Gasteiger partial charge in [-0.05, 0) is 25.1 Å². The Labute approximate surface area is 147 Å². The molecule has 7 nitrogen and oxygen atoms in total. The average molecular weight is 349 g/mol. The summed E-state index contributed by atoms with van der Waals surface area (Å²) in [6.07, 6.45) is 2.83. The van der Waals surface area contributed by atoms with Crippen LogP contribution in [0.5, 0.6) is 11.5 Å². The molecule has 0 N–H and O–H groups in total. The van der Waals surface area contributed by atoms with Crippen LogP contribution in [0.3, 0.4) is 0 Å². The molecule has 1 amide bonds. The molecular weight excluding hydrogens is 326 g/mol. The van der Waals surface area contributed by atoms with E-state index in [-0.39, 0.29) is 18.6 Å². The molecule has 1 fully saturated rings. The van der Waals surface area contributed by atoms with E-state index < -0.39 is 5.97 Å². The van der Waals surface area contributed by atoms with Crippen LogP contribution in [0.4, 0.5) is 0 Å². The first-order valence-electron chi connectivity index (χ1n) is 7.99. The summed E-state index contributed by atoms with van der Waals surface area (Å²) in [4.78, 5) is 25.5. The normalized spacial score (nSPS) is 17.4. The van der Waals surface area contributed by atoms with E-state index in [9.17, 15) is 9.59 Å². The number of carbonyl (C=O) groups is 2. The first-order valence-corrected chi connectivity index (χ1v) is 7.99. The topological polar surface area (TPSA) is 74.3 Å². The van der Waals surface area contributed by atoms with E-state index in [1.165, 1.54) is 13.2 Å². The summed E-state index contributed by atoms with van der Waals surface area (Å²) in [5.41, 5.74) is 0.702. The van der Waals surface area contributed by atoms with E-state index in [0.29, 0.717) is 36.8 Å². The van der Waals surface area contributed by atoms with Crippen LogP contribution in [0.1, 0.15) is 12.5 Å². The summed E-state index contributed by atoms with van der Waals surface area (Å²) in [6, 6.07) is 5.24. The van der Waals surface area contributed by atoms with Gasteiger partial charge >= 0.3 is 5.97 Å². The Hall–Kier alpha value is -2.54. The van der Waals surface area contributed by atoms with Crippen molar-refractivity contribution in [1.29, 1.82) is 0 Å². The zero-order valence-electron chi connectivity index (χ0n) is 14.7. The van der Waals surface area contributed by atoms with Crippen LogP contribution in [0.15, 0.2) is 24.3 Å². The van der Waals surface area contributed by atoms with Crippen molar-refractivity contribution < 1.29 is 28.5 Å². The van der Waals surface area contributed by atoms with Crippen LogP contribution in [0, 0.1) is 0 Å². The fraction of sp³-hybridized carbons (Fsp3) is 0.444. The lowest BCUT2D eigenvalue weighted by Crippen LogP contribution is -2.46. The molecule has 136 valence electrons. The summed E-state index contributed by atoms with van der Waals surface area (Å²) in [6.45, 7) is 3.14. The Kier molecular flexibility index (Phi) is 6.82. The number of methoxy groups -OCH3 is 2. The standard InChI is InChI=1S/C18H23NO6/c1-13-11-19(8-9-24-13)17(20)12-25-18(21)7-5-14-4-6-15(22-2)10-16(14)23-3/h4-7,10,13H,8-9,11-12H2,1-3H3/b7-5+. The summed E-state index contributed by atoms with van der Waals surface area (Å²) >= 11 is 0. The van der Waals surface area contributed by atoms with Crippen molar-refractivity contribution in [2.45, 2.75) is 13.0 Å². The highest BCUT2D eigenvalue weighted by Gasteiger charge is 2.21. The number of amides is 1. The van der Waals surface area contributed by atoms with Gasteiger partial charge in [0.05, 0.1) is 26.9 Å². The number of hydrogen-bond acceptors (Lipinski definition) is 6. The third-order valence-corrected chi connectivity index (χ3v) is 3.77. The lowest BCUT2D eigenvalue weighted by Gasteiger charge is -2.30. The summed E-state index contributed by atoms with van der Waals surface area (Å²) in [5.74, 6) is 0.412. The number of nitrogens with zero attached hydrogens (tertiary/aromatic N) is 1. The minimum atomic E-state index is -0.590. The zero-order valence-corrected chi connectivity index (χ0v) is 14.7. The maximum absolute atomic E-state index is 12.0. The van der Waals surface area contributed by atoms with E-state index in [1.54, 1.807) is 36.3 Å². The predicted octanol–water partition coefficient (Wildman–Crippen LogP) is 1.51. The SMILES string of the molecule is COc1ccc(/C=C/C(=O)OCC(=O)N2CCOC(C)C2)c(OC)c1. The molecule has 0 saturated carbocycles. The molecule has 2 rings (SSSR count). The summed E-state index contributed by atoms with van der Waals surface area (Å²) < 4.78 is 20.8. The predicted molar refractivity (Wildman–Crippen MR) is 91.5 cm³/mol. The molecule has 1 aromatic carbocycles.